The Morgan fingerprint density at radius 3 is 2.23 bits per heavy atom. The molecular formula is C23H28N2O5. The second-order valence-electron chi connectivity index (χ2n) is 7.69. The molecule has 0 aliphatic carbocycles. The maximum Gasteiger partial charge on any atom is 0.267 e. The molecule has 1 heterocycles. The van der Waals surface area contributed by atoms with E-state index in [0.29, 0.717) is 43.5 Å². The van der Waals surface area contributed by atoms with Crippen LogP contribution in [0, 0.1) is 6.92 Å². The standard InChI is InChI=1S/C23H28N2O5/c1-17-4-8-20(9-5-17)30-23(2,3)22(27)24-18-6-10-19(11-7-18)29-16-21(26)25-12-14-28-15-13-25/h4-11H,12-16H2,1-3H3,(H,24,27). The van der Waals surface area contributed by atoms with Crippen molar-refractivity contribution in [3.63, 3.8) is 0 Å². The zero-order valence-electron chi connectivity index (χ0n) is 17.6. The van der Waals surface area contributed by atoms with Crippen LogP contribution in [0.3, 0.4) is 0 Å². The molecule has 0 aromatic heterocycles. The van der Waals surface area contributed by atoms with Crippen molar-refractivity contribution in [3.8, 4) is 11.5 Å². The molecule has 2 aromatic carbocycles. The van der Waals surface area contributed by atoms with Gasteiger partial charge in [0.2, 0.25) is 0 Å². The second kappa shape index (κ2) is 9.63. The van der Waals surface area contributed by atoms with Gasteiger partial charge in [0.1, 0.15) is 11.5 Å². The number of carbonyl (C=O) groups is 2. The van der Waals surface area contributed by atoms with E-state index in [1.807, 2.05) is 31.2 Å². The third kappa shape index (κ3) is 5.97. The minimum atomic E-state index is -1.05. The topological polar surface area (TPSA) is 77.1 Å². The van der Waals surface area contributed by atoms with E-state index in [9.17, 15) is 9.59 Å². The maximum atomic E-state index is 12.7. The monoisotopic (exact) mass is 412 g/mol. The molecule has 0 radical (unpaired) electrons. The molecule has 0 bridgehead atoms. The highest BCUT2D eigenvalue weighted by Gasteiger charge is 2.30. The van der Waals surface area contributed by atoms with E-state index in [2.05, 4.69) is 5.32 Å². The van der Waals surface area contributed by atoms with Crippen LogP contribution in [0.2, 0.25) is 0 Å². The summed E-state index contributed by atoms with van der Waals surface area (Å²) in [5, 5.41) is 2.85. The number of benzene rings is 2. The SMILES string of the molecule is Cc1ccc(OC(C)(C)C(=O)Nc2ccc(OCC(=O)N3CCOCC3)cc2)cc1. The molecule has 0 atom stereocenters. The van der Waals surface area contributed by atoms with Crippen LogP contribution in [0.25, 0.3) is 0 Å². The normalized spacial score (nSPS) is 14.2. The third-order valence-corrected chi connectivity index (χ3v) is 4.78. The molecule has 1 aliphatic heterocycles. The van der Waals surface area contributed by atoms with Crippen LogP contribution < -0.4 is 14.8 Å². The maximum absolute atomic E-state index is 12.7. The first kappa shape index (κ1) is 21.6. The summed E-state index contributed by atoms with van der Waals surface area (Å²) < 4.78 is 16.7. The average molecular weight is 412 g/mol. The van der Waals surface area contributed by atoms with Gasteiger partial charge in [0, 0.05) is 18.8 Å². The summed E-state index contributed by atoms with van der Waals surface area (Å²) in [6.45, 7) is 7.71. The zero-order valence-corrected chi connectivity index (χ0v) is 17.6. The van der Waals surface area contributed by atoms with Crippen molar-refractivity contribution >= 4 is 17.5 Å². The van der Waals surface area contributed by atoms with Gasteiger partial charge in [-0.3, -0.25) is 9.59 Å². The lowest BCUT2D eigenvalue weighted by atomic mass is 10.1. The van der Waals surface area contributed by atoms with Crippen molar-refractivity contribution in [2.75, 3.05) is 38.2 Å². The lowest BCUT2D eigenvalue weighted by Gasteiger charge is -2.26. The number of nitrogens with one attached hydrogen (secondary N) is 1. The minimum absolute atomic E-state index is 0.0247. The van der Waals surface area contributed by atoms with Crippen LogP contribution >= 0.6 is 0 Å². The first-order valence-electron chi connectivity index (χ1n) is 9.99. The van der Waals surface area contributed by atoms with Crippen LogP contribution in [0.4, 0.5) is 5.69 Å². The number of hydrogen-bond acceptors (Lipinski definition) is 5. The van der Waals surface area contributed by atoms with Crippen molar-refractivity contribution < 1.29 is 23.8 Å². The van der Waals surface area contributed by atoms with E-state index in [1.165, 1.54) is 0 Å². The Hall–Kier alpha value is -3.06. The predicted molar refractivity (Wildman–Crippen MR) is 114 cm³/mol. The number of hydrogen-bond donors (Lipinski definition) is 1. The van der Waals surface area contributed by atoms with Gasteiger partial charge < -0.3 is 24.4 Å². The van der Waals surface area contributed by atoms with Crippen LogP contribution in [-0.4, -0.2) is 55.2 Å². The molecular weight excluding hydrogens is 384 g/mol. The molecule has 0 spiro atoms. The number of amides is 2. The predicted octanol–water partition coefficient (Wildman–Crippen LogP) is 3.03. The molecule has 30 heavy (non-hydrogen) atoms. The molecule has 0 unspecified atom stereocenters. The molecule has 0 saturated carbocycles. The van der Waals surface area contributed by atoms with Gasteiger partial charge in [0.05, 0.1) is 13.2 Å². The van der Waals surface area contributed by atoms with Gasteiger partial charge in [0.15, 0.2) is 12.2 Å². The smallest absolute Gasteiger partial charge is 0.267 e. The third-order valence-electron chi connectivity index (χ3n) is 4.78. The minimum Gasteiger partial charge on any atom is -0.484 e. The summed E-state index contributed by atoms with van der Waals surface area (Å²) in [7, 11) is 0. The van der Waals surface area contributed by atoms with Crippen LogP contribution in [0.5, 0.6) is 11.5 Å². The van der Waals surface area contributed by atoms with Crippen molar-refractivity contribution in [1.29, 1.82) is 0 Å². The average Bonchev–Trinajstić information content (AvgIpc) is 2.75. The summed E-state index contributed by atoms with van der Waals surface area (Å²) in [5.41, 5.74) is 0.695. The molecule has 7 heteroatoms. The summed E-state index contributed by atoms with van der Waals surface area (Å²) in [6, 6.07) is 14.5. The second-order valence-corrected chi connectivity index (χ2v) is 7.69. The van der Waals surface area contributed by atoms with Gasteiger partial charge in [-0.1, -0.05) is 17.7 Å². The van der Waals surface area contributed by atoms with Crippen molar-refractivity contribution in [3.05, 3.63) is 54.1 Å². The highest BCUT2D eigenvalue weighted by molar-refractivity contribution is 5.97. The first-order valence-corrected chi connectivity index (χ1v) is 9.99. The molecule has 1 fully saturated rings. The molecule has 1 saturated heterocycles. The van der Waals surface area contributed by atoms with Gasteiger partial charge in [-0.15, -0.1) is 0 Å². The van der Waals surface area contributed by atoms with E-state index >= 15 is 0 Å². The van der Waals surface area contributed by atoms with E-state index in [4.69, 9.17) is 14.2 Å². The van der Waals surface area contributed by atoms with E-state index in [-0.39, 0.29) is 18.4 Å². The lowest BCUT2D eigenvalue weighted by molar-refractivity contribution is -0.137. The number of anilines is 1. The van der Waals surface area contributed by atoms with Crippen molar-refractivity contribution in [2.24, 2.45) is 0 Å². The number of morpholine rings is 1. The number of rotatable bonds is 7. The Kier molecular flexibility index (Phi) is 6.95. The van der Waals surface area contributed by atoms with Gasteiger partial charge in [-0.25, -0.2) is 0 Å². The highest BCUT2D eigenvalue weighted by atomic mass is 16.5. The Bertz CT molecular complexity index is 856. The summed E-state index contributed by atoms with van der Waals surface area (Å²) in [6.07, 6.45) is 0. The zero-order chi connectivity index (χ0) is 21.6. The van der Waals surface area contributed by atoms with Gasteiger partial charge in [-0.2, -0.15) is 0 Å². The Morgan fingerprint density at radius 2 is 1.60 bits per heavy atom. The molecule has 2 amide bonds. The van der Waals surface area contributed by atoms with Gasteiger partial charge in [-0.05, 0) is 57.2 Å². The fraction of sp³-hybridized carbons (Fsp3) is 0.391. The van der Waals surface area contributed by atoms with Crippen LogP contribution in [-0.2, 0) is 14.3 Å². The van der Waals surface area contributed by atoms with E-state index < -0.39 is 5.60 Å². The number of carbonyl (C=O) groups excluding carboxylic acids is 2. The number of nitrogens with zero attached hydrogens (tertiary/aromatic N) is 1. The first-order chi connectivity index (χ1) is 14.3. The molecule has 2 aromatic rings. The molecule has 3 rings (SSSR count). The van der Waals surface area contributed by atoms with Crippen molar-refractivity contribution in [1.82, 2.24) is 4.90 Å². The molecule has 7 nitrogen and oxygen atoms in total. The Labute approximate surface area is 176 Å². The number of aryl methyl sites for hydroxylation is 1. The summed E-state index contributed by atoms with van der Waals surface area (Å²) in [4.78, 5) is 26.5. The van der Waals surface area contributed by atoms with Gasteiger partial charge >= 0.3 is 0 Å². The summed E-state index contributed by atoms with van der Waals surface area (Å²) >= 11 is 0. The fourth-order valence-corrected chi connectivity index (χ4v) is 2.91. The quantitative estimate of drug-likeness (QED) is 0.756. The molecule has 1 N–H and O–H groups in total. The lowest BCUT2D eigenvalue weighted by Crippen LogP contribution is -2.43. The highest BCUT2D eigenvalue weighted by Crippen LogP contribution is 2.22. The van der Waals surface area contributed by atoms with Gasteiger partial charge in [0.25, 0.3) is 11.8 Å². The fourth-order valence-electron chi connectivity index (χ4n) is 2.91. The Morgan fingerprint density at radius 1 is 1.00 bits per heavy atom. The Balaban J connectivity index is 1.50. The van der Waals surface area contributed by atoms with Crippen LogP contribution in [0.1, 0.15) is 19.4 Å². The van der Waals surface area contributed by atoms with Crippen molar-refractivity contribution in [2.45, 2.75) is 26.4 Å². The number of ether oxygens (including phenoxy) is 3. The molecule has 1 aliphatic rings. The van der Waals surface area contributed by atoms with Crippen LogP contribution in [0.15, 0.2) is 48.5 Å². The molecule has 160 valence electrons. The largest absolute Gasteiger partial charge is 0.484 e. The van der Waals surface area contributed by atoms with E-state index in [1.54, 1.807) is 43.0 Å². The summed E-state index contributed by atoms with van der Waals surface area (Å²) in [5.74, 6) is 0.865. The van der Waals surface area contributed by atoms with E-state index in [0.717, 1.165) is 5.56 Å².